The zero-order valence-electron chi connectivity index (χ0n) is 11.3. The van der Waals surface area contributed by atoms with Crippen molar-refractivity contribution in [3.63, 3.8) is 0 Å². The summed E-state index contributed by atoms with van der Waals surface area (Å²) in [4.78, 5) is 12.4. The number of ether oxygens (including phenoxy) is 1. The van der Waals surface area contributed by atoms with E-state index in [1.54, 1.807) is 0 Å². The summed E-state index contributed by atoms with van der Waals surface area (Å²) in [7, 11) is 0. The molecule has 1 saturated heterocycles. The van der Waals surface area contributed by atoms with E-state index in [1.807, 2.05) is 26.0 Å². The molecule has 1 aliphatic heterocycles. The maximum Gasteiger partial charge on any atom is 0.244 e. The van der Waals surface area contributed by atoms with Crippen molar-refractivity contribution in [1.82, 2.24) is 0 Å². The summed E-state index contributed by atoms with van der Waals surface area (Å²) in [5.41, 5.74) is 8.26. The van der Waals surface area contributed by atoms with Gasteiger partial charge in [0, 0.05) is 23.4 Å². The minimum Gasteiger partial charge on any atom is -0.381 e. The van der Waals surface area contributed by atoms with Gasteiger partial charge < -0.3 is 15.8 Å². The quantitative estimate of drug-likeness (QED) is 0.877. The first kappa shape index (κ1) is 14.5. The second-order valence-corrected chi connectivity index (χ2v) is 6.05. The van der Waals surface area contributed by atoms with Crippen molar-refractivity contribution in [3.8, 4) is 0 Å². The van der Waals surface area contributed by atoms with Crippen LogP contribution in [0.5, 0.6) is 0 Å². The topological polar surface area (TPSA) is 64.4 Å². The van der Waals surface area contributed by atoms with Gasteiger partial charge in [0.1, 0.15) is 5.54 Å². The molecule has 0 aliphatic carbocycles. The molecule has 0 aromatic heterocycles. The van der Waals surface area contributed by atoms with E-state index in [9.17, 15) is 4.79 Å². The zero-order chi connectivity index (χ0) is 14.0. The van der Waals surface area contributed by atoms with Crippen LogP contribution in [0.1, 0.15) is 24.0 Å². The summed E-state index contributed by atoms with van der Waals surface area (Å²) in [6.07, 6.45) is 1.13. The van der Waals surface area contributed by atoms with Crippen molar-refractivity contribution in [1.29, 1.82) is 0 Å². The number of nitrogens with two attached hydrogens (primary N) is 1. The molecule has 5 heteroatoms. The lowest BCUT2D eigenvalue weighted by atomic mass is 9.90. The van der Waals surface area contributed by atoms with Crippen LogP contribution >= 0.6 is 15.9 Å². The van der Waals surface area contributed by atoms with E-state index in [0.29, 0.717) is 26.1 Å². The third kappa shape index (κ3) is 3.16. The molecule has 0 atom stereocenters. The normalized spacial score (nSPS) is 18.1. The number of carbonyl (C=O) groups is 1. The smallest absolute Gasteiger partial charge is 0.244 e. The number of aryl methyl sites for hydroxylation is 2. The predicted molar refractivity (Wildman–Crippen MR) is 79.2 cm³/mol. The highest BCUT2D eigenvalue weighted by molar-refractivity contribution is 9.10. The molecule has 1 aliphatic rings. The van der Waals surface area contributed by atoms with Gasteiger partial charge in [0.25, 0.3) is 0 Å². The first-order valence-electron chi connectivity index (χ1n) is 6.37. The third-order valence-electron chi connectivity index (χ3n) is 3.57. The van der Waals surface area contributed by atoms with E-state index < -0.39 is 5.54 Å². The molecule has 1 aromatic carbocycles. The average Bonchev–Trinajstić information content (AvgIpc) is 2.34. The molecule has 0 spiro atoms. The van der Waals surface area contributed by atoms with Gasteiger partial charge in [0.2, 0.25) is 5.91 Å². The monoisotopic (exact) mass is 326 g/mol. The van der Waals surface area contributed by atoms with Crippen LogP contribution in [0.25, 0.3) is 0 Å². The fourth-order valence-electron chi connectivity index (χ4n) is 2.31. The molecule has 0 saturated carbocycles. The van der Waals surface area contributed by atoms with Gasteiger partial charge in [-0.05, 0) is 49.9 Å². The van der Waals surface area contributed by atoms with Crippen molar-refractivity contribution >= 4 is 27.5 Å². The molecule has 1 heterocycles. The largest absolute Gasteiger partial charge is 0.381 e. The summed E-state index contributed by atoms with van der Waals surface area (Å²) in [5.74, 6) is -0.121. The molecule has 19 heavy (non-hydrogen) atoms. The maximum atomic E-state index is 12.4. The Morgan fingerprint density at radius 3 is 2.37 bits per heavy atom. The average molecular weight is 327 g/mol. The second kappa shape index (κ2) is 5.61. The van der Waals surface area contributed by atoms with Crippen molar-refractivity contribution in [3.05, 3.63) is 27.7 Å². The summed E-state index contributed by atoms with van der Waals surface area (Å²) < 4.78 is 6.27. The van der Waals surface area contributed by atoms with Crippen molar-refractivity contribution in [2.45, 2.75) is 32.2 Å². The molecule has 4 nitrogen and oxygen atoms in total. The second-order valence-electron chi connectivity index (χ2n) is 5.14. The number of benzene rings is 1. The summed E-state index contributed by atoms with van der Waals surface area (Å²) in [6.45, 7) is 5.03. The number of halogens is 1. The number of hydrogen-bond acceptors (Lipinski definition) is 3. The van der Waals surface area contributed by atoms with E-state index >= 15 is 0 Å². The fourth-order valence-corrected chi connectivity index (χ4v) is 3.00. The molecule has 1 amide bonds. The molecule has 1 fully saturated rings. The van der Waals surface area contributed by atoms with Gasteiger partial charge in [-0.25, -0.2) is 0 Å². The van der Waals surface area contributed by atoms with Gasteiger partial charge in [0.15, 0.2) is 0 Å². The maximum absolute atomic E-state index is 12.4. The van der Waals surface area contributed by atoms with Gasteiger partial charge in [-0.1, -0.05) is 15.9 Å². The summed E-state index contributed by atoms with van der Waals surface area (Å²) in [6, 6.07) is 3.96. The first-order chi connectivity index (χ1) is 8.92. The number of nitrogens with one attached hydrogen (secondary N) is 1. The minimum absolute atomic E-state index is 0.121. The van der Waals surface area contributed by atoms with Crippen molar-refractivity contribution < 1.29 is 9.53 Å². The molecule has 104 valence electrons. The molecule has 2 rings (SSSR count). The van der Waals surface area contributed by atoms with Crippen LogP contribution in [0, 0.1) is 13.8 Å². The lowest BCUT2D eigenvalue weighted by molar-refractivity contribution is -0.124. The molecule has 3 N–H and O–H groups in total. The lowest BCUT2D eigenvalue weighted by Gasteiger charge is -2.32. The number of amides is 1. The van der Waals surface area contributed by atoms with Gasteiger partial charge in [-0.15, -0.1) is 0 Å². The molecule has 0 unspecified atom stereocenters. The first-order valence-corrected chi connectivity index (χ1v) is 7.16. The summed E-state index contributed by atoms with van der Waals surface area (Å²) in [5, 5.41) is 2.98. The molecule has 0 radical (unpaired) electrons. The van der Waals surface area contributed by atoms with E-state index in [-0.39, 0.29) is 5.91 Å². The van der Waals surface area contributed by atoms with Gasteiger partial charge in [-0.2, -0.15) is 0 Å². The van der Waals surface area contributed by atoms with E-state index in [2.05, 4.69) is 21.2 Å². The Kier molecular flexibility index (Phi) is 4.28. The van der Waals surface area contributed by atoms with Crippen molar-refractivity contribution in [2.24, 2.45) is 5.73 Å². The number of rotatable bonds is 2. The highest BCUT2D eigenvalue weighted by Crippen LogP contribution is 2.27. The van der Waals surface area contributed by atoms with Crippen LogP contribution in [0.15, 0.2) is 16.6 Å². The SMILES string of the molecule is Cc1cc(Br)cc(C)c1NC(=O)C1(N)CCOCC1. The number of hydrogen-bond donors (Lipinski definition) is 2. The zero-order valence-corrected chi connectivity index (χ0v) is 12.8. The lowest BCUT2D eigenvalue weighted by Crippen LogP contribution is -2.54. The molecular formula is C14H19BrN2O2. The number of carbonyl (C=O) groups excluding carboxylic acids is 1. The summed E-state index contributed by atoms with van der Waals surface area (Å²) >= 11 is 3.45. The van der Waals surface area contributed by atoms with Crippen LogP contribution in [0.3, 0.4) is 0 Å². The molecule has 1 aromatic rings. The van der Waals surface area contributed by atoms with Gasteiger partial charge in [-0.3, -0.25) is 4.79 Å². The van der Waals surface area contributed by atoms with Crippen LogP contribution < -0.4 is 11.1 Å². The molecule has 0 bridgehead atoms. The van der Waals surface area contributed by atoms with E-state index in [1.165, 1.54) is 0 Å². The van der Waals surface area contributed by atoms with Crippen LogP contribution in [-0.2, 0) is 9.53 Å². The minimum atomic E-state index is -0.815. The van der Waals surface area contributed by atoms with Gasteiger partial charge in [0.05, 0.1) is 0 Å². The Labute approximate surface area is 121 Å². The highest BCUT2D eigenvalue weighted by Gasteiger charge is 2.36. The Balaban J connectivity index is 2.19. The standard InChI is InChI=1S/C14H19BrN2O2/c1-9-7-11(15)8-10(2)12(9)17-13(18)14(16)3-5-19-6-4-14/h7-8H,3-6,16H2,1-2H3,(H,17,18). The Hall–Kier alpha value is -0.910. The van der Waals surface area contributed by atoms with E-state index in [0.717, 1.165) is 21.3 Å². The van der Waals surface area contributed by atoms with Crippen LogP contribution in [0.4, 0.5) is 5.69 Å². The van der Waals surface area contributed by atoms with Crippen LogP contribution in [-0.4, -0.2) is 24.7 Å². The molecular weight excluding hydrogens is 308 g/mol. The Morgan fingerprint density at radius 1 is 1.32 bits per heavy atom. The van der Waals surface area contributed by atoms with Crippen molar-refractivity contribution in [2.75, 3.05) is 18.5 Å². The van der Waals surface area contributed by atoms with Crippen LogP contribution in [0.2, 0.25) is 0 Å². The highest BCUT2D eigenvalue weighted by atomic mass is 79.9. The van der Waals surface area contributed by atoms with E-state index in [4.69, 9.17) is 10.5 Å². The van der Waals surface area contributed by atoms with Gasteiger partial charge >= 0.3 is 0 Å². The Bertz CT molecular complexity index is 473. The fraction of sp³-hybridized carbons (Fsp3) is 0.500. The number of anilines is 1. The Morgan fingerprint density at radius 2 is 1.84 bits per heavy atom. The third-order valence-corrected chi connectivity index (χ3v) is 4.03. The predicted octanol–water partition coefficient (Wildman–Crippen LogP) is 2.51.